The highest BCUT2D eigenvalue weighted by molar-refractivity contribution is 9.10. The van der Waals surface area contributed by atoms with Crippen molar-refractivity contribution >= 4 is 31.6 Å². The highest BCUT2D eigenvalue weighted by Crippen LogP contribution is 2.26. The average Bonchev–Trinajstić information content (AvgIpc) is 2.32. The standard InChI is InChI=1S/C13H17BrN2O2S/c1-4-6-11(5-2)16-19(17,18)13-8-10(14)7-12(15)9(13)3/h1,7-8,11,16H,5-6,15H2,2-3H3. The van der Waals surface area contributed by atoms with Crippen LogP contribution in [0.5, 0.6) is 0 Å². The number of terminal acetylenes is 1. The van der Waals surface area contributed by atoms with Gasteiger partial charge in [0.05, 0.1) is 4.90 Å². The van der Waals surface area contributed by atoms with E-state index in [2.05, 4.69) is 26.6 Å². The van der Waals surface area contributed by atoms with Crippen molar-refractivity contribution in [3.63, 3.8) is 0 Å². The summed E-state index contributed by atoms with van der Waals surface area (Å²) in [7, 11) is -3.63. The van der Waals surface area contributed by atoms with E-state index in [1.54, 1.807) is 13.0 Å². The fourth-order valence-corrected chi connectivity index (χ4v) is 3.89. The van der Waals surface area contributed by atoms with Crippen molar-refractivity contribution < 1.29 is 8.42 Å². The molecule has 0 bridgehead atoms. The molecule has 4 nitrogen and oxygen atoms in total. The smallest absolute Gasteiger partial charge is 0.241 e. The first-order valence-electron chi connectivity index (χ1n) is 5.83. The lowest BCUT2D eigenvalue weighted by molar-refractivity contribution is 0.543. The molecule has 19 heavy (non-hydrogen) atoms. The van der Waals surface area contributed by atoms with Crippen molar-refractivity contribution in [3.05, 3.63) is 22.2 Å². The van der Waals surface area contributed by atoms with E-state index in [4.69, 9.17) is 12.2 Å². The molecule has 1 unspecified atom stereocenters. The van der Waals surface area contributed by atoms with Gasteiger partial charge in [-0.05, 0) is 31.0 Å². The van der Waals surface area contributed by atoms with Gasteiger partial charge >= 0.3 is 0 Å². The summed E-state index contributed by atoms with van der Waals surface area (Å²) >= 11 is 3.25. The minimum Gasteiger partial charge on any atom is -0.398 e. The largest absolute Gasteiger partial charge is 0.398 e. The molecule has 1 aromatic rings. The molecule has 0 aliphatic carbocycles. The number of sulfonamides is 1. The molecule has 0 heterocycles. The van der Waals surface area contributed by atoms with E-state index >= 15 is 0 Å². The molecular formula is C13H17BrN2O2S. The molecule has 0 saturated heterocycles. The highest BCUT2D eigenvalue weighted by atomic mass is 79.9. The summed E-state index contributed by atoms with van der Waals surface area (Å²) in [6.45, 7) is 3.56. The Morgan fingerprint density at radius 1 is 1.53 bits per heavy atom. The second-order valence-corrected chi connectivity index (χ2v) is 6.85. The van der Waals surface area contributed by atoms with Gasteiger partial charge in [-0.3, -0.25) is 0 Å². The van der Waals surface area contributed by atoms with Crippen LogP contribution in [-0.4, -0.2) is 14.5 Å². The summed E-state index contributed by atoms with van der Waals surface area (Å²) in [5.41, 5.74) is 6.75. The van der Waals surface area contributed by atoms with Crippen molar-refractivity contribution in [2.75, 3.05) is 5.73 Å². The summed E-state index contributed by atoms with van der Waals surface area (Å²) in [6, 6.07) is 2.94. The third-order valence-corrected chi connectivity index (χ3v) is 4.94. The molecule has 1 aromatic carbocycles. The Kier molecular flexibility index (Phi) is 5.41. The molecule has 0 fully saturated rings. The molecule has 0 saturated carbocycles. The number of halogens is 1. The van der Waals surface area contributed by atoms with Gasteiger partial charge in [-0.25, -0.2) is 13.1 Å². The van der Waals surface area contributed by atoms with Crippen LogP contribution >= 0.6 is 15.9 Å². The quantitative estimate of drug-likeness (QED) is 0.636. The molecule has 6 heteroatoms. The van der Waals surface area contributed by atoms with Crippen molar-refractivity contribution in [3.8, 4) is 12.3 Å². The van der Waals surface area contributed by atoms with E-state index in [1.165, 1.54) is 6.07 Å². The number of anilines is 1. The number of nitrogens with two attached hydrogens (primary N) is 1. The maximum absolute atomic E-state index is 12.3. The van der Waals surface area contributed by atoms with Gasteiger partial charge in [0.15, 0.2) is 0 Å². The first kappa shape index (κ1) is 16.0. The van der Waals surface area contributed by atoms with Crippen LogP contribution in [0.3, 0.4) is 0 Å². The summed E-state index contributed by atoms with van der Waals surface area (Å²) in [5.74, 6) is 2.47. The SMILES string of the molecule is C#CCC(CC)NS(=O)(=O)c1cc(Br)cc(N)c1C. The fraction of sp³-hybridized carbons (Fsp3) is 0.385. The summed E-state index contributed by atoms with van der Waals surface area (Å²) in [5, 5.41) is 0. The fourth-order valence-electron chi connectivity index (χ4n) is 1.65. The van der Waals surface area contributed by atoms with Gasteiger partial charge in [0, 0.05) is 22.6 Å². The van der Waals surface area contributed by atoms with E-state index in [0.717, 1.165) is 0 Å². The number of hydrogen-bond acceptors (Lipinski definition) is 3. The summed E-state index contributed by atoms with van der Waals surface area (Å²) in [6.07, 6.45) is 6.22. The van der Waals surface area contributed by atoms with Crippen LogP contribution < -0.4 is 10.5 Å². The Hall–Kier alpha value is -1.03. The Morgan fingerprint density at radius 2 is 2.16 bits per heavy atom. The molecule has 0 radical (unpaired) electrons. The molecule has 104 valence electrons. The zero-order valence-corrected chi connectivity index (χ0v) is 13.3. The normalized spacial score (nSPS) is 12.9. The van der Waals surface area contributed by atoms with Crippen LogP contribution in [0.4, 0.5) is 5.69 Å². The van der Waals surface area contributed by atoms with E-state index < -0.39 is 10.0 Å². The highest BCUT2D eigenvalue weighted by Gasteiger charge is 2.22. The molecule has 0 aromatic heterocycles. The maximum atomic E-state index is 12.3. The van der Waals surface area contributed by atoms with Crippen molar-refractivity contribution in [2.24, 2.45) is 0 Å². The molecule has 0 aliphatic rings. The number of hydrogen-bond donors (Lipinski definition) is 2. The first-order chi connectivity index (χ1) is 8.81. The molecule has 0 aliphatic heterocycles. The lowest BCUT2D eigenvalue weighted by Crippen LogP contribution is -2.34. The van der Waals surface area contributed by atoms with E-state index in [1.807, 2.05) is 6.92 Å². The first-order valence-corrected chi connectivity index (χ1v) is 8.10. The van der Waals surface area contributed by atoms with Crippen LogP contribution in [0.2, 0.25) is 0 Å². The van der Waals surface area contributed by atoms with Gasteiger partial charge in [-0.15, -0.1) is 12.3 Å². The Morgan fingerprint density at radius 3 is 2.68 bits per heavy atom. The zero-order valence-electron chi connectivity index (χ0n) is 10.9. The summed E-state index contributed by atoms with van der Waals surface area (Å²) in [4.78, 5) is 0.176. The van der Waals surface area contributed by atoms with Crippen molar-refractivity contribution in [1.29, 1.82) is 0 Å². The van der Waals surface area contributed by atoms with Crippen LogP contribution in [0, 0.1) is 19.3 Å². The van der Waals surface area contributed by atoms with Gasteiger partial charge in [-0.2, -0.15) is 0 Å². The third-order valence-electron chi connectivity index (χ3n) is 2.83. The molecule has 1 atom stereocenters. The number of rotatable bonds is 5. The Labute approximate surface area is 123 Å². The molecular weight excluding hydrogens is 328 g/mol. The third kappa shape index (κ3) is 3.96. The monoisotopic (exact) mass is 344 g/mol. The van der Waals surface area contributed by atoms with Crippen LogP contribution in [0.15, 0.2) is 21.5 Å². The van der Waals surface area contributed by atoms with Crippen LogP contribution in [0.25, 0.3) is 0 Å². The lowest BCUT2D eigenvalue weighted by atomic mass is 10.2. The second kappa shape index (κ2) is 6.42. The molecule has 0 amide bonds. The summed E-state index contributed by atoms with van der Waals surface area (Å²) < 4.78 is 27.9. The maximum Gasteiger partial charge on any atom is 0.241 e. The van der Waals surface area contributed by atoms with Crippen molar-refractivity contribution in [2.45, 2.75) is 37.6 Å². The Balaban J connectivity index is 3.18. The van der Waals surface area contributed by atoms with E-state index in [0.29, 0.717) is 28.6 Å². The van der Waals surface area contributed by atoms with Gasteiger partial charge in [-0.1, -0.05) is 22.9 Å². The van der Waals surface area contributed by atoms with Gasteiger partial charge < -0.3 is 5.73 Å². The lowest BCUT2D eigenvalue weighted by Gasteiger charge is -2.16. The van der Waals surface area contributed by atoms with Crippen LogP contribution in [0.1, 0.15) is 25.3 Å². The number of benzene rings is 1. The predicted octanol–water partition coefficient (Wildman–Crippen LogP) is 2.42. The van der Waals surface area contributed by atoms with E-state index in [9.17, 15) is 8.42 Å². The average molecular weight is 345 g/mol. The zero-order chi connectivity index (χ0) is 14.6. The number of nitrogen functional groups attached to an aromatic ring is 1. The minimum absolute atomic E-state index is 0.176. The minimum atomic E-state index is -3.63. The van der Waals surface area contributed by atoms with Crippen molar-refractivity contribution in [1.82, 2.24) is 4.72 Å². The predicted molar refractivity (Wildman–Crippen MR) is 81.1 cm³/mol. The topological polar surface area (TPSA) is 72.2 Å². The van der Waals surface area contributed by atoms with Gasteiger partial charge in [0.25, 0.3) is 0 Å². The molecule has 1 rings (SSSR count). The van der Waals surface area contributed by atoms with Gasteiger partial charge in [0.2, 0.25) is 10.0 Å². The molecule has 3 N–H and O–H groups in total. The Bertz CT molecular complexity index is 606. The van der Waals surface area contributed by atoms with Crippen LogP contribution in [-0.2, 0) is 10.0 Å². The van der Waals surface area contributed by atoms with E-state index in [-0.39, 0.29) is 10.9 Å². The van der Waals surface area contributed by atoms with Gasteiger partial charge in [0.1, 0.15) is 0 Å². The second-order valence-electron chi connectivity index (χ2n) is 4.25. The molecule has 0 spiro atoms. The number of nitrogens with one attached hydrogen (secondary N) is 1.